The van der Waals surface area contributed by atoms with Crippen LogP contribution in [0.1, 0.15) is 76.4 Å². The van der Waals surface area contributed by atoms with E-state index in [1.54, 1.807) is 13.1 Å². The minimum Gasteiger partial charge on any atom is -0.490 e. The maximum absolute atomic E-state index is 14.8. The van der Waals surface area contributed by atoms with Crippen molar-refractivity contribution in [2.45, 2.75) is 63.9 Å². The van der Waals surface area contributed by atoms with E-state index in [0.29, 0.717) is 37.2 Å². The van der Waals surface area contributed by atoms with Crippen LogP contribution in [0.5, 0.6) is 11.6 Å². The second-order valence-electron chi connectivity index (χ2n) is 17.1. The smallest absolute Gasteiger partial charge is 0.286 e. The number of aryl methyl sites for hydroxylation is 3. The zero-order valence-corrected chi connectivity index (χ0v) is 35.1. The van der Waals surface area contributed by atoms with E-state index >= 15 is 0 Å². The molecule has 4 heterocycles. The molecule has 3 aliphatic heterocycles. The van der Waals surface area contributed by atoms with Crippen molar-refractivity contribution in [3.05, 3.63) is 82.6 Å². The minimum absolute atomic E-state index is 0.0341. The standard InChI is InChI=1S/C44H58N6O7S/c1-30-10-14-37-32(23-30)8-6-16-44(37)28-50-25-34-11-13-35(34)39(56-22-19-49-17-20-55-21-18-49)9-5-7-31(2)27-58(53,47-42(52)36-26-48(3)45-43(36)54-4)46-41(51)33-12-15-40(57-29-44)38(50)24-33/h5,9-10,12,14-15,23-24,26,31,34-35,39H,6-8,11,13,16-22,25,27-29H2,1-4H3,(H,46,47,51,52,53)/b9-5+/t31-,34-,35+,39-,44-,58?/m0/s1. The molecule has 58 heavy (non-hydrogen) atoms. The third-order valence-electron chi connectivity index (χ3n) is 12.7. The molecule has 13 nitrogen and oxygen atoms in total. The Morgan fingerprint density at radius 1 is 1.14 bits per heavy atom. The number of fused-ring (bicyclic) bond motifs is 4. The van der Waals surface area contributed by atoms with Crippen molar-refractivity contribution in [1.82, 2.24) is 19.4 Å². The molecule has 0 radical (unpaired) electrons. The molecule has 1 spiro atoms. The van der Waals surface area contributed by atoms with Crippen molar-refractivity contribution in [1.29, 1.82) is 0 Å². The molecule has 1 unspecified atom stereocenters. The first-order valence-corrected chi connectivity index (χ1v) is 22.6. The molecule has 5 aliphatic rings. The van der Waals surface area contributed by atoms with Crippen LogP contribution in [-0.4, -0.2) is 109 Å². The minimum atomic E-state index is -3.62. The van der Waals surface area contributed by atoms with Crippen LogP contribution in [-0.2, 0) is 38.3 Å². The highest BCUT2D eigenvalue weighted by atomic mass is 32.2. The highest BCUT2D eigenvalue weighted by Gasteiger charge is 2.44. The maximum Gasteiger partial charge on any atom is 0.286 e. The quantitative estimate of drug-likeness (QED) is 0.305. The highest BCUT2D eigenvalue weighted by molar-refractivity contribution is 7.92. The first-order valence-electron chi connectivity index (χ1n) is 20.9. The number of anilines is 1. The van der Waals surface area contributed by atoms with Crippen LogP contribution in [0.3, 0.4) is 0 Å². The molecule has 1 saturated heterocycles. The number of allylic oxidation sites excluding steroid dienone is 1. The van der Waals surface area contributed by atoms with Gasteiger partial charge in [0.1, 0.15) is 21.2 Å². The Morgan fingerprint density at radius 2 is 1.98 bits per heavy atom. The summed E-state index contributed by atoms with van der Waals surface area (Å²) in [5, 5.41) is 4.19. The summed E-state index contributed by atoms with van der Waals surface area (Å²) in [6.07, 6.45) is 11.6. The van der Waals surface area contributed by atoms with Crippen LogP contribution >= 0.6 is 0 Å². The van der Waals surface area contributed by atoms with Crippen molar-refractivity contribution in [2.75, 3.05) is 76.9 Å². The van der Waals surface area contributed by atoms with Crippen LogP contribution in [0.15, 0.2) is 59.1 Å². The number of rotatable bonds is 7. The van der Waals surface area contributed by atoms with E-state index in [0.717, 1.165) is 83.7 Å². The van der Waals surface area contributed by atoms with Crippen LogP contribution in [0, 0.1) is 24.7 Å². The van der Waals surface area contributed by atoms with Gasteiger partial charge in [-0.15, -0.1) is 9.46 Å². The third kappa shape index (κ3) is 8.71. The molecule has 312 valence electrons. The number of benzene rings is 2. The lowest BCUT2D eigenvalue weighted by Crippen LogP contribution is -2.50. The average molecular weight is 815 g/mol. The van der Waals surface area contributed by atoms with E-state index in [-0.39, 0.29) is 40.2 Å². The lowest BCUT2D eigenvalue weighted by atomic mass is 9.68. The van der Waals surface area contributed by atoms with E-state index in [1.807, 2.05) is 19.1 Å². The fourth-order valence-electron chi connectivity index (χ4n) is 9.57. The molecule has 2 aliphatic carbocycles. The number of aromatic nitrogens is 2. The summed E-state index contributed by atoms with van der Waals surface area (Å²) in [4.78, 5) is 32.7. The Bertz CT molecular complexity index is 2160. The third-order valence-corrected chi connectivity index (χ3v) is 14.7. The fourth-order valence-corrected chi connectivity index (χ4v) is 11.5. The molecule has 1 aromatic heterocycles. The second-order valence-corrected chi connectivity index (χ2v) is 19.1. The van der Waals surface area contributed by atoms with Crippen LogP contribution in [0.2, 0.25) is 0 Å². The predicted molar refractivity (Wildman–Crippen MR) is 223 cm³/mol. The summed E-state index contributed by atoms with van der Waals surface area (Å²) in [7, 11) is -0.536. The summed E-state index contributed by atoms with van der Waals surface area (Å²) in [5.74, 6) is -0.0717. The SMILES string of the molecule is COc1nn(C)cc1C(=O)NS1(=O)=NC(=O)c2ccc3c(c2)N(C[C@@H]2CC[C@H]2[C@@H](OCCN2CCOCC2)/C=C/C[C@H](C)C1)C[C@@]1(CCCc2cc(C)ccc21)CO3. The number of nitrogens with one attached hydrogen (secondary N) is 1. The van der Waals surface area contributed by atoms with Crippen molar-refractivity contribution >= 4 is 27.4 Å². The van der Waals surface area contributed by atoms with Gasteiger partial charge in [-0.3, -0.25) is 23.9 Å². The zero-order chi connectivity index (χ0) is 40.4. The lowest BCUT2D eigenvalue weighted by Gasteiger charge is -2.46. The predicted octanol–water partition coefficient (Wildman–Crippen LogP) is 5.50. The molecular weight excluding hydrogens is 757 g/mol. The van der Waals surface area contributed by atoms with Crippen LogP contribution in [0.4, 0.5) is 5.69 Å². The van der Waals surface area contributed by atoms with Gasteiger partial charge in [0.15, 0.2) is 0 Å². The van der Waals surface area contributed by atoms with Crippen molar-refractivity contribution < 1.29 is 32.7 Å². The Balaban J connectivity index is 1.17. The van der Waals surface area contributed by atoms with E-state index in [9.17, 15) is 13.8 Å². The largest absolute Gasteiger partial charge is 0.490 e. The van der Waals surface area contributed by atoms with Gasteiger partial charge < -0.3 is 23.8 Å². The number of nitrogens with zero attached hydrogens (tertiary/aromatic N) is 5. The number of morpholine rings is 1. The molecule has 8 rings (SSSR count). The molecule has 2 fully saturated rings. The summed E-state index contributed by atoms with van der Waals surface area (Å²) in [6.45, 7) is 11.0. The fraction of sp³-hybridized carbons (Fsp3) is 0.568. The number of amides is 2. The Kier molecular flexibility index (Phi) is 12.0. The van der Waals surface area contributed by atoms with Gasteiger partial charge >= 0.3 is 0 Å². The van der Waals surface area contributed by atoms with E-state index in [1.165, 1.54) is 34.7 Å². The molecule has 3 aromatic rings. The van der Waals surface area contributed by atoms with Crippen molar-refractivity contribution in [2.24, 2.45) is 29.2 Å². The number of hydrogen-bond acceptors (Lipinski definition) is 10. The summed E-state index contributed by atoms with van der Waals surface area (Å²) < 4.78 is 47.6. The zero-order valence-electron chi connectivity index (χ0n) is 34.3. The van der Waals surface area contributed by atoms with Gasteiger partial charge in [0.05, 0.1) is 51.1 Å². The van der Waals surface area contributed by atoms with Gasteiger partial charge in [0, 0.05) is 56.9 Å². The van der Waals surface area contributed by atoms with Crippen molar-refractivity contribution in [3.8, 4) is 11.6 Å². The summed E-state index contributed by atoms with van der Waals surface area (Å²) in [5.41, 5.74) is 5.00. The number of carbonyl (C=O) groups is 2. The maximum atomic E-state index is 14.8. The number of hydrogen-bond donors (Lipinski definition) is 1. The molecule has 2 bridgehead atoms. The summed E-state index contributed by atoms with van der Waals surface area (Å²) >= 11 is 0. The van der Waals surface area contributed by atoms with Gasteiger partial charge in [-0.1, -0.05) is 42.8 Å². The molecule has 14 heteroatoms. The highest BCUT2D eigenvalue weighted by Crippen LogP contribution is 2.47. The van der Waals surface area contributed by atoms with Crippen LogP contribution < -0.4 is 19.1 Å². The van der Waals surface area contributed by atoms with E-state index in [2.05, 4.69) is 61.3 Å². The Morgan fingerprint density at radius 3 is 2.78 bits per heavy atom. The Labute approximate surface area is 342 Å². The average Bonchev–Trinajstić information content (AvgIpc) is 3.51. The van der Waals surface area contributed by atoms with Crippen LogP contribution in [0.25, 0.3) is 0 Å². The second kappa shape index (κ2) is 17.2. The van der Waals surface area contributed by atoms with Gasteiger partial charge in [-0.05, 0) is 92.5 Å². The number of methoxy groups -OCH3 is 1. The first-order chi connectivity index (χ1) is 28.0. The molecule has 1 saturated carbocycles. The Hall–Kier alpha value is -4.24. The molecule has 2 amide bonds. The van der Waals surface area contributed by atoms with Gasteiger partial charge in [-0.25, -0.2) is 4.21 Å². The molecule has 6 atom stereocenters. The van der Waals surface area contributed by atoms with E-state index < -0.39 is 21.7 Å². The number of carbonyl (C=O) groups excluding carboxylic acids is 2. The van der Waals surface area contributed by atoms with Gasteiger partial charge in [0.25, 0.3) is 11.8 Å². The molecule has 2 aromatic carbocycles. The monoisotopic (exact) mass is 814 g/mol. The molecular formula is C44H58N6O7S. The first kappa shape index (κ1) is 40.5. The topological polar surface area (TPSA) is 137 Å². The van der Waals surface area contributed by atoms with Crippen molar-refractivity contribution in [3.63, 3.8) is 0 Å². The van der Waals surface area contributed by atoms with Gasteiger partial charge in [0.2, 0.25) is 5.88 Å². The summed E-state index contributed by atoms with van der Waals surface area (Å²) in [6, 6.07) is 12.2. The van der Waals surface area contributed by atoms with Gasteiger partial charge in [-0.2, -0.15) is 0 Å². The van der Waals surface area contributed by atoms with E-state index in [4.69, 9.17) is 18.9 Å². The normalized spacial score (nSPS) is 29.5. The molecule has 1 N–H and O–H groups in total. The number of ether oxygens (including phenoxy) is 4. The lowest BCUT2D eigenvalue weighted by molar-refractivity contribution is -0.0315.